The molecule has 0 bridgehead atoms. The Kier molecular flexibility index (Phi) is 6.31. The molecule has 1 fully saturated rings. The zero-order valence-electron chi connectivity index (χ0n) is 20.2. The highest BCUT2D eigenvalue weighted by atomic mass is 16.5. The highest BCUT2D eigenvalue weighted by Gasteiger charge is 2.22. The van der Waals surface area contributed by atoms with Crippen LogP contribution in [0, 0.1) is 0 Å². The zero-order valence-corrected chi connectivity index (χ0v) is 20.2. The number of pyridine rings is 2. The first-order valence-corrected chi connectivity index (χ1v) is 12.3. The van der Waals surface area contributed by atoms with Crippen molar-refractivity contribution >= 4 is 23.0 Å². The number of hydrogen-bond acceptors (Lipinski definition) is 7. The monoisotopic (exact) mass is 490 g/mol. The number of benzene rings is 2. The SMILES string of the molecule is O=C(Nc1ccnc(CN2CCC2)c1)C1=NCNc2ccc(-c3cncc(Oc4ccccc4)c3)cc21. The van der Waals surface area contributed by atoms with E-state index in [0.29, 0.717) is 23.8 Å². The van der Waals surface area contributed by atoms with Gasteiger partial charge in [-0.05, 0) is 67.5 Å². The second-order valence-electron chi connectivity index (χ2n) is 9.05. The lowest BCUT2D eigenvalue weighted by Gasteiger charge is -2.30. The van der Waals surface area contributed by atoms with Crippen molar-refractivity contribution < 1.29 is 9.53 Å². The standard InChI is InChI=1S/C29H26N6O2/c36-29(34-22-9-10-31-23(15-22)18-35-11-4-12-35)28-26-14-20(7-8-27(26)32-19-33-28)21-13-25(17-30-16-21)37-24-5-2-1-3-6-24/h1-3,5-10,13-17,32H,4,11-12,18-19H2,(H,31,34,36). The van der Waals surface area contributed by atoms with Crippen molar-refractivity contribution in [2.24, 2.45) is 4.99 Å². The quantitative estimate of drug-likeness (QED) is 0.381. The van der Waals surface area contributed by atoms with Gasteiger partial charge >= 0.3 is 0 Å². The molecule has 2 aromatic heterocycles. The highest BCUT2D eigenvalue weighted by Crippen LogP contribution is 2.30. The Morgan fingerprint density at radius 3 is 2.70 bits per heavy atom. The van der Waals surface area contributed by atoms with Crippen LogP contribution >= 0.6 is 0 Å². The number of carbonyl (C=O) groups excluding carboxylic acids is 1. The van der Waals surface area contributed by atoms with Crippen LogP contribution in [0.5, 0.6) is 11.5 Å². The van der Waals surface area contributed by atoms with Gasteiger partial charge in [-0.25, -0.2) is 0 Å². The predicted molar refractivity (Wildman–Crippen MR) is 144 cm³/mol. The number of aliphatic imine (C=N–C) groups is 1. The van der Waals surface area contributed by atoms with E-state index < -0.39 is 0 Å². The summed E-state index contributed by atoms with van der Waals surface area (Å²) < 4.78 is 5.95. The maximum Gasteiger partial charge on any atom is 0.274 e. The average molecular weight is 491 g/mol. The van der Waals surface area contributed by atoms with Crippen molar-refractivity contribution in [3.8, 4) is 22.6 Å². The van der Waals surface area contributed by atoms with Gasteiger partial charge < -0.3 is 15.4 Å². The molecule has 1 amide bonds. The maximum atomic E-state index is 13.3. The van der Waals surface area contributed by atoms with Crippen LogP contribution in [-0.2, 0) is 11.3 Å². The minimum atomic E-state index is -0.250. The molecule has 6 rings (SSSR count). The number of nitrogens with zero attached hydrogens (tertiary/aromatic N) is 4. The molecule has 2 aliphatic heterocycles. The molecule has 37 heavy (non-hydrogen) atoms. The number of ether oxygens (including phenoxy) is 1. The van der Waals surface area contributed by atoms with Crippen LogP contribution in [0.1, 0.15) is 17.7 Å². The van der Waals surface area contributed by atoms with Gasteiger partial charge in [-0.1, -0.05) is 24.3 Å². The van der Waals surface area contributed by atoms with Crippen molar-refractivity contribution in [1.29, 1.82) is 0 Å². The molecule has 4 heterocycles. The largest absolute Gasteiger partial charge is 0.456 e. The Hall–Kier alpha value is -4.56. The number of carbonyl (C=O) groups is 1. The Labute approximate surface area is 215 Å². The van der Waals surface area contributed by atoms with Crippen LogP contribution in [0.4, 0.5) is 11.4 Å². The third-order valence-electron chi connectivity index (χ3n) is 6.43. The normalized spacial score (nSPS) is 14.5. The van der Waals surface area contributed by atoms with E-state index in [-0.39, 0.29) is 5.91 Å². The molecule has 4 aromatic rings. The van der Waals surface area contributed by atoms with Crippen molar-refractivity contribution in [3.05, 3.63) is 96.6 Å². The third-order valence-corrected chi connectivity index (χ3v) is 6.43. The van der Waals surface area contributed by atoms with Crippen molar-refractivity contribution in [3.63, 3.8) is 0 Å². The van der Waals surface area contributed by atoms with E-state index in [2.05, 4.69) is 30.5 Å². The molecule has 0 unspecified atom stereocenters. The van der Waals surface area contributed by atoms with Crippen LogP contribution < -0.4 is 15.4 Å². The number of fused-ring (bicyclic) bond motifs is 1. The molecule has 2 aliphatic rings. The first kappa shape index (κ1) is 22.9. The van der Waals surface area contributed by atoms with E-state index in [1.807, 2.05) is 60.7 Å². The molecule has 1 saturated heterocycles. The van der Waals surface area contributed by atoms with Gasteiger partial charge in [-0.2, -0.15) is 0 Å². The average Bonchev–Trinajstić information content (AvgIpc) is 2.91. The Morgan fingerprint density at radius 2 is 1.86 bits per heavy atom. The Balaban J connectivity index is 1.22. The van der Waals surface area contributed by atoms with E-state index in [0.717, 1.165) is 53.5 Å². The van der Waals surface area contributed by atoms with E-state index >= 15 is 0 Å². The lowest BCUT2D eigenvalue weighted by atomic mass is 9.98. The molecular formula is C29H26N6O2. The summed E-state index contributed by atoms with van der Waals surface area (Å²) in [6.45, 7) is 3.32. The summed E-state index contributed by atoms with van der Waals surface area (Å²) >= 11 is 0. The minimum absolute atomic E-state index is 0.250. The van der Waals surface area contributed by atoms with Gasteiger partial charge in [0.05, 0.1) is 11.9 Å². The molecule has 0 saturated carbocycles. The number of para-hydroxylation sites is 1. The summed E-state index contributed by atoms with van der Waals surface area (Å²) in [5, 5.41) is 6.26. The first-order valence-electron chi connectivity index (χ1n) is 12.3. The van der Waals surface area contributed by atoms with E-state index in [4.69, 9.17) is 4.74 Å². The molecule has 2 aromatic carbocycles. The summed E-state index contributed by atoms with van der Waals surface area (Å²) in [6.07, 6.45) is 6.43. The van der Waals surface area contributed by atoms with Gasteiger partial charge in [0.2, 0.25) is 0 Å². The van der Waals surface area contributed by atoms with Crippen LogP contribution in [0.25, 0.3) is 11.1 Å². The van der Waals surface area contributed by atoms with Crippen molar-refractivity contribution in [2.75, 3.05) is 30.4 Å². The van der Waals surface area contributed by atoms with Gasteiger partial charge in [0, 0.05) is 41.4 Å². The molecule has 0 spiro atoms. The van der Waals surface area contributed by atoms with E-state index in [1.54, 1.807) is 24.7 Å². The zero-order chi connectivity index (χ0) is 25.0. The number of hydrogen-bond donors (Lipinski definition) is 2. The van der Waals surface area contributed by atoms with Crippen LogP contribution in [0.2, 0.25) is 0 Å². The number of amides is 1. The lowest BCUT2D eigenvalue weighted by molar-refractivity contribution is -0.110. The van der Waals surface area contributed by atoms with E-state index in [9.17, 15) is 4.79 Å². The van der Waals surface area contributed by atoms with Gasteiger partial charge in [0.15, 0.2) is 0 Å². The topological polar surface area (TPSA) is 91.7 Å². The summed E-state index contributed by atoms with van der Waals surface area (Å²) in [5.41, 5.74) is 5.44. The Bertz CT molecular complexity index is 1470. The molecule has 184 valence electrons. The summed E-state index contributed by atoms with van der Waals surface area (Å²) in [6, 6.07) is 21.2. The van der Waals surface area contributed by atoms with Gasteiger partial charge in [0.25, 0.3) is 5.91 Å². The van der Waals surface area contributed by atoms with Gasteiger partial charge in [0.1, 0.15) is 23.9 Å². The molecule has 8 nitrogen and oxygen atoms in total. The van der Waals surface area contributed by atoms with Gasteiger partial charge in [-0.15, -0.1) is 0 Å². The number of likely N-dealkylation sites (tertiary alicyclic amines) is 1. The molecular weight excluding hydrogens is 464 g/mol. The number of rotatable bonds is 7. The fourth-order valence-electron chi connectivity index (χ4n) is 4.42. The molecule has 0 aliphatic carbocycles. The summed E-state index contributed by atoms with van der Waals surface area (Å²) in [7, 11) is 0. The fourth-order valence-corrected chi connectivity index (χ4v) is 4.42. The second kappa shape index (κ2) is 10.2. The maximum absolute atomic E-state index is 13.3. The second-order valence-corrected chi connectivity index (χ2v) is 9.05. The van der Waals surface area contributed by atoms with Crippen LogP contribution in [-0.4, -0.2) is 46.2 Å². The first-order chi connectivity index (χ1) is 18.2. The van der Waals surface area contributed by atoms with Crippen molar-refractivity contribution in [1.82, 2.24) is 14.9 Å². The smallest absolute Gasteiger partial charge is 0.274 e. The van der Waals surface area contributed by atoms with Crippen molar-refractivity contribution in [2.45, 2.75) is 13.0 Å². The van der Waals surface area contributed by atoms with E-state index in [1.165, 1.54) is 6.42 Å². The number of anilines is 2. The molecule has 8 heteroatoms. The third kappa shape index (κ3) is 5.19. The lowest BCUT2D eigenvalue weighted by Crippen LogP contribution is -2.36. The highest BCUT2D eigenvalue weighted by molar-refractivity contribution is 6.50. The number of aromatic nitrogens is 2. The van der Waals surface area contributed by atoms with Crippen LogP contribution in [0.3, 0.4) is 0 Å². The molecule has 0 radical (unpaired) electrons. The predicted octanol–water partition coefficient (Wildman–Crippen LogP) is 4.95. The van der Waals surface area contributed by atoms with Crippen LogP contribution in [0.15, 0.2) is 90.3 Å². The van der Waals surface area contributed by atoms with Gasteiger partial charge in [-0.3, -0.25) is 24.7 Å². The summed E-state index contributed by atoms with van der Waals surface area (Å²) in [4.78, 5) is 28.9. The fraction of sp³-hybridized carbons (Fsp3) is 0.172. The molecule has 0 atom stereocenters. The minimum Gasteiger partial charge on any atom is -0.456 e. The summed E-state index contributed by atoms with van der Waals surface area (Å²) in [5.74, 6) is 1.13. The molecule has 2 N–H and O–H groups in total. The number of nitrogens with one attached hydrogen (secondary N) is 2. The Morgan fingerprint density at radius 1 is 0.973 bits per heavy atom.